The number of carbonyl (C=O) groups excluding carboxylic acids is 1. The van der Waals surface area contributed by atoms with Crippen LogP contribution in [0.5, 0.6) is 0 Å². The van der Waals surface area contributed by atoms with Gasteiger partial charge in [0.25, 0.3) is 0 Å². The molecule has 3 aromatic heterocycles. The molecule has 0 aliphatic rings. The van der Waals surface area contributed by atoms with Crippen molar-refractivity contribution in [1.29, 1.82) is 5.26 Å². The number of pyridine rings is 1. The zero-order valence-electron chi connectivity index (χ0n) is 17.1. The van der Waals surface area contributed by atoms with Crippen LogP contribution >= 0.6 is 34.5 Å². The monoisotopic (exact) mass is 481 g/mol. The summed E-state index contributed by atoms with van der Waals surface area (Å²) in [5, 5.41) is 13.9. The maximum Gasteiger partial charge on any atom is 0.228 e. The van der Waals surface area contributed by atoms with Crippen LogP contribution in [0.3, 0.4) is 0 Å². The normalized spacial score (nSPS) is 10.9. The lowest BCUT2D eigenvalue weighted by atomic mass is 9.98. The number of nitrogens with one attached hydrogen (secondary N) is 2. The number of aromatic amines is 1. The van der Waals surface area contributed by atoms with Crippen molar-refractivity contribution in [2.75, 3.05) is 5.32 Å². The van der Waals surface area contributed by atoms with Crippen LogP contribution in [0.4, 0.5) is 5.82 Å². The van der Waals surface area contributed by atoms with Gasteiger partial charge in [0.2, 0.25) is 5.91 Å². The second-order valence-corrected chi connectivity index (χ2v) is 9.12. The molecule has 160 valence electrons. The predicted molar refractivity (Wildman–Crippen MR) is 129 cm³/mol. The Hall–Kier alpha value is -3.18. The van der Waals surface area contributed by atoms with Crippen LogP contribution in [0.15, 0.2) is 48.9 Å². The summed E-state index contributed by atoms with van der Waals surface area (Å²) in [4.78, 5) is 25.3. The lowest BCUT2D eigenvalue weighted by molar-refractivity contribution is -0.118. The van der Waals surface area contributed by atoms with Gasteiger partial charge in [-0.25, -0.2) is 9.97 Å². The number of aromatic nitrogens is 3. The van der Waals surface area contributed by atoms with E-state index in [9.17, 15) is 10.1 Å². The third kappa shape index (κ3) is 4.26. The molecule has 4 aromatic rings. The van der Waals surface area contributed by atoms with Gasteiger partial charge in [-0.15, -0.1) is 11.3 Å². The van der Waals surface area contributed by atoms with E-state index in [4.69, 9.17) is 23.2 Å². The van der Waals surface area contributed by atoms with E-state index in [0.717, 1.165) is 15.3 Å². The Kier molecular flexibility index (Phi) is 6.28. The lowest BCUT2D eigenvalue weighted by Gasteiger charge is -2.08. The molecule has 4 rings (SSSR count). The molecule has 0 bridgehead atoms. The minimum atomic E-state index is -0.180. The predicted octanol–water partition coefficient (Wildman–Crippen LogP) is 6.64. The molecule has 0 saturated heterocycles. The van der Waals surface area contributed by atoms with Gasteiger partial charge in [0, 0.05) is 45.7 Å². The molecule has 6 nitrogen and oxygen atoms in total. The average Bonchev–Trinajstić information content (AvgIpc) is 3.41. The van der Waals surface area contributed by atoms with Crippen LogP contribution in [-0.4, -0.2) is 20.9 Å². The standard InChI is InChI=1S/C23H17Cl2N5OS/c1-12(2)23(31)30-18-9-13(5-6-27-18)20-16(11-26)19(15-4-3-14(24)10-17(15)25)21(32-20)22-28-7-8-29-22/h3-10,12H,1-2H3,(H,28,29)(H,27,30,31). The fourth-order valence-corrected chi connectivity index (χ4v) is 4.88. The van der Waals surface area contributed by atoms with Crippen molar-refractivity contribution in [2.45, 2.75) is 13.8 Å². The lowest BCUT2D eigenvalue weighted by Crippen LogP contribution is -2.18. The van der Waals surface area contributed by atoms with E-state index < -0.39 is 0 Å². The summed E-state index contributed by atoms with van der Waals surface area (Å²) in [7, 11) is 0. The molecule has 3 heterocycles. The van der Waals surface area contributed by atoms with Gasteiger partial charge in [-0.3, -0.25) is 4.79 Å². The summed E-state index contributed by atoms with van der Waals surface area (Å²) in [6.07, 6.45) is 4.98. The summed E-state index contributed by atoms with van der Waals surface area (Å²) >= 11 is 14.0. The van der Waals surface area contributed by atoms with E-state index >= 15 is 0 Å². The number of nitrogens with zero attached hydrogens (tertiary/aromatic N) is 3. The fraction of sp³-hybridized carbons (Fsp3) is 0.130. The Morgan fingerprint density at radius 1 is 1.16 bits per heavy atom. The number of thiophene rings is 1. The first-order valence-electron chi connectivity index (χ1n) is 9.68. The second kappa shape index (κ2) is 9.13. The van der Waals surface area contributed by atoms with Crippen LogP contribution in [-0.2, 0) is 4.79 Å². The summed E-state index contributed by atoms with van der Waals surface area (Å²) in [6.45, 7) is 3.62. The van der Waals surface area contributed by atoms with Gasteiger partial charge in [0.05, 0.1) is 15.3 Å². The van der Waals surface area contributed by atoms with Crippen LogP contribution in [0.25, 0.3) is 32.3 Å². The Bertz CT molecular complexity index is 1340. The average molecular weight is 482 g/mol. The first-order valence-corrected chi connectivity index (χ1v) is 11.3. The minimum absolute atomic E-state index is 0.133. The zero-order chi connectivity index (χ0) is 22.8. The van der Waals surface area contributed by atoms with Gasteiger partial charge < -0.3 is 10.3 Å². The second-order valence-electron chi connectivity index (χ2n) is 7.26. The molecule has 0 saturated carbocycles. The number of H-pyrrole nitrogens is 1. The summed E-state index contributed by atoms with van der Waals surface area (Å²) in [6, 6.07) is 11.1. The molecule has 0 aliphatic carbocycles. The number of halogens is 2. The number of amides is 1. The molecular formula is C23H17Cl2N5OS. The molecule has 0 aliphatic heterocycles. The Morgan fingerprint density at radius 2 is 1.97 bits per heavy atom. The zero-order valence-corrected chi connectivity index (χ0v) is 19.4. The summed E-state index contributed by atoms with van der Waals surface area (Å²) in [5.41, 5.74) is 2.57. The number of hydrogen-bond donors (Lipinski definition) is 2. The fourth-order valence-electron chi connectivity index (χ4n) is 3.16. The topological polar surface area (TPSA) is 94.5 Å². The van der Waals surface area contributed by atoms with Crippen LogP contribution in [0.1, 0.15) is 19.4 Å². The first-order chi connectivity index (χ1) is 15.4. The van der Waals surface area contributed by atoms with E-state index in [1.54, 1.807) is 48.9 Å². The highest BCUT2D eigenvalue weighted by Gasteiger charge is 2.25. The molecule has 0 fully saturated rings. The Morgan fingerprint density at radius 3 is 2.62 bits per heavy atom. The number of nitriles is 1. The SMILES string of the molecule is CC(C)C(=O)Nc1cc(-c2sc(-c3ncc[nH]3)c(-c3ccc(Cl)cc3Cl)c2C#N)ccn1. The van der Waals surface area contributed by atoms with E-state index in [1.807, 2.05) is 13.8 Å². The molecule has 0 radical (unpaired) electrons. The van der Waals surface area contributed by atoms with Crippen LogP contribution in [0, 0.1) is 17.2 Å². The van der Waals surface area contributed by atoms with Gasteiger partial charge in [-0.2, -0.15) is 5.26 Å². The number of benzene rings is 1. The summed E-state index contributed by atoms with van der Waals surface area (Å²) < 4.78 is 0. The van der Waals surface area contributed by atoms with Crippen molar-refractivity contribution >= 4 is 46.3 Å². The Balaban J connectivity index is 1.92. The summed E-state index contributed by atoms with van der Waals surface area (Å²) in [5.74, 6) is 0.734. The van der Waals surface area contributed by atoms with Crippen molar-refractivity contribution in [3.8, 4) is 38.3 Å². The number of rotatable bonds is 5. The number of anilines is 1. The molecule has 0 atom stereocenters. The highest BCUT2D eigenvalue weighted by atomic mass is 35.5. The number of carbonyl (C=O) groups is 1. The molecular weight excluding hydrogens is 465 g/mol. The molecule has 32 heavy (non-hydrogen) atoms. The van der Waals surface area contributed by atoms with Crippen molar-refractivity contribution < 1.29 is 4.79 Å². The highest BCUT2D eigenvalue weighted by molar-refractivity contribution is 7.19. The molecule has 9 heteroatoms. The van der Waals surface area contributed by atoms with Crippen molar-refractivity contribution in [3.05, 3.63) is 64.5 Å². The van der Waals surface area contributed by atoms with Gasteiger partial charge in [-0.1, -0.05) is 43.1 Å². The quantitative estimate of drug-likeness (QED) is 0.333. The maximum absolute atomic E-state index is 12.1. The smallest absolute Gasteiger partial charge is 0.228 e. The third-order valence-electron chi connectivity index (χ3n) is 4.73. The highest BCUT2D eigenvalue weighted by Crippen LogP contribution is 2.48. The molecule has 0 spiro atoms. The van der Waals surface area contributed by atoms with Gasteiger partial charge in [0.1, 0.15) is 17.7 Å². The van der Waals surface area contributed by atoms with Crippen molar-refractivity contribution in [1.82, 2.24) is 15.0 Å². The molecule has 2 N–H and O–H groups in total. The van der Waals surface area contributed by atoms with Crippen LogP contribution in [0.2, 0.25) is 10.0 Å². The third-order valence-corrected chi connectivity index (χ3v) is 6.52. The molecule has 1 aromatic carbocycles. The maximum atomic E-state index is 12.1. The van der Waals surface area contributed by atoms with E-state index in [1.165, 1.54) is 11.3 Å². The van der Waals surface area contributed by atoms with E-state index in [2.05, 4.69) is 26.3 Å². The first kappa shape index (κ1) is 22.0. The van der Waals surface area contributed by atoms with E-state index in [-0.39, 0.29) is 11.8 Å². The van der Waals surface area contributed by atoms with Gasteiger partial charge in [0.15, 0.2) is 0 Å². The Labute approximate surface area is 198 Å². The number of imidazole rings is 1. The largest absolute Gasteiger partial charge is 0.344 e. The van der Waals surface area contributed by atoms with Crippen LogP contribution < -0.4 is 5.32 Å². The minimum Gasteiger partial charge on any atom is -0.344 e. The molecule has 0 unspecified atom stereocenters. The molecule has 1 amide bonds. The van der Waals surface area contributed by atoms with Crippen molar-refractivity contribution in [2.24, 2.45) is 5.92 Å². The van der Waals surface area contributed by atoms with Gasteiger partial charge in [-0.05, 0) is 29.8 Å². The van der Waals surface area contributed by atoms with Gasteiger partial charge >= 0.3 is 0 Å². The van der Waals surface area contributed by atoms with Crippen molar-refractivity contribution in [3.63, 3.8) is 0 Å². The number of hydrogen-bond acceptors (Lipinski definition) is 5. The van der Waals surface area contributed by atoms with E-state index in [0.29, 0.717) is 38.4 Å².